The van der Waals surface area contributed by atoms with E-state index in [4.69, 9.17) is 11.6 Å². The molecule has 5 heteroatoms. The first kappa shape index (κ1) is 14.2. The Kier molecular flexibility index (Phi) is 4.66. The highest BCUT2D eigenvalue weighted by molar-refractivity contribution is 6.36. The fourth-order valence-electron chi connectivity index (χ4n) is 2.36. The summed E-state index contributed by atoms with van der Waals surface area (Å²) in [5.41, 5.74) is 0.982. The van der Waals surface area contributed by atoms with Crippen LogP contribution >= 0.6 is 11.6 Å². The normalized spacial score (nSPS) is 11.4. The van der Waals surface area contributed by atoms with Gasteiger partial charge in [-0.3, -0.25) is 10.1 Å². The van der Waals surface area contributed by atoms with Crippen molar-refractivity contribution in [3.8, 4) is 0 Å². The van der Waals surface area contributed by atoms with Crippen LogP contribution in [0.2, 0.25) is 5.02 Å². The zero-order valence-corrected chi connectivity index (χ0v) is 12.5. The number of nitrogens with zero attached hydrogens (tertiary/aromatic N) is 3. The van der Waals surface area contributed by atoms with Crippen LogP contribution in [0.15, 0.2) is 18.2 Å². The van der Waals surface area contributed by atoms with Crippen LogP contribution in [0.3, 0.4) is 0 Å². The lowest BCUT2D eigenvalue weighted by atomic mass is 10.2. The van der Waals surface area contributed by atoms with E-state index in [1.807, 2.05) is 18.2 Å². The lowest BCUT2D eigenvalue weighted by Crippen LogP contribution is -2.43. The van der Waals surface area contributed by atoms with Gasteiger partial charge in [0.1, 0.15) is 0 Å². The third-order valence-corrected chi connectivity index (χ3v) is 3.59. The summed E-state index contributed by atoms with van der Waals surface area (Å²) in [6, 6.07) is 5.85. The van der Waals surface area contributed by atoms with Crippen molar-refractivity contribution in [1.82, 2.24) is 15.2 Å². The van der Waals surface area contributed by atoms with Gasteiger partial charge >= 0.3 is 0 Å². The predicted molar refractivity (Wildman–Crippen MR) is 81.7 cm³/mol. The monoisotopic (exact) mass is 280 g/mol. The summed E-state index contributed by atoms with van der Waals surface area (Å²) in [5.74, 6) is 0.922. The van der Waals surface area contributed by atoms with Crippen LogP contribution in [0.5, 0.6) is 0 Å². The van der Waals surface area contributed by atoms with E-state index in [1.165, 1.54) is 0 Å². The molecule has 1 heterocycles. The molecule has 0 amide bonds. The molecular weight excluding hydrogens is 260 g/mol. The molecule has 0 aliphatic rings. The molecule has 0 fully saturated rings. The van der Waals surface area contributed by atoms with Gasteiger partial charge in [0.2, 0.25) is 0 Å². The largest absolute Gasteiger partial charge is 0.288 e. The van der Waals surface area contributed by atoms with Gasteiger partial charge in [-0.2, -0.15) is 5.10 Å². The van der Waals surface area contributed by atoms with Gasteiger partial charge in [0.15, 0.2) is 5.82 Å². The minimum absolute atomic E-state index is 0.745. The molecule has 2 rings (SSSR count). The second-order valence-corrected chi connectivity index (χ2v) is 4.88. The van der Waals surface area contributed by atoms with Gasteiger partial charge < -0.3 is 0 Å². The maximum atomic E-state index is 6.33. The van der Waals surface area contributed by atoms with Crippen LogP contribution in [0, 0.1) is 0 Å². The molecule has 0 bridgehead atoms. The Morgan fingerprint density at radius 1 is 1.21 bits per heavy atom. The average Bonchev–Trinajstić information content (AvgIpc) is 2.84. The van der Waals surface area contributed by atoms with Crippen molar-refractivity contribution in [2.24, 2.45) is 0 Å². The predicted octanol–water partition coefficient (Wildman–Crippen LogP) is 3.69. The summed E-state index contributed by atoms with van der Waals surface area (Å²) in [4.78, 5) is 0. The molecule has 4 nitrogen and oxygen atoms in total. The van der Waals surface area contributed by atoms with Crippen LogP contribution < -0.4 is 5.01 Å². The molecule has 0 aliphatic heterocycles. The number of aromatic amines is 1. The van der Waals surface area contributed by atoms with Crippen molar-refractivity contribution in [2.45, 2.75) is 27.2 Å². The number of halogens is 1. The number of anilines is 1. The highest BCUT2D eigenvalue weighted by atomic mass is 35.5. The zero-order chi connectivity index (χ0) is 13.8. The molecule has 19 heavy (non-hydrogen) atoms. The van der Waals surface area contributed by atoms with Gasteiger partial charge in [-0.25, -0.2) is 5.01 Å². The first-order valence-corrected chi connectivity index (χ1v) is 7.25. The molecule has 0 saturated heterocycles. The Morgan fingerprint density at radius 2 is 1.95 bits per heavy atom. The fraction of sp³-hybridized carbons (Fsp3) is 0.500. The van der Waals surface area contributed by atoms with Crippen LogP contribution in [-0.4, -0.2) is 34.8 Å². The highest BCUT2D eigenvalue weighted by Crippen LogP contribution is 2.31. The van der Waals surface area contributed by atoms with Crippen LogP contribution in [0.25, 0.3) is 10.9 Å². The van der Waals surface area contributed by atoms with E-state index in [0.29, 0.717) is 0 Å². The second kappa shape index (κ2) is 6.26. The minimum Gasteiger partial charge on any atom is -0.288 e. The molecule has 0 atom stereocenters. The van der Waals surface area contributed by atoms with E-state index >= 15 is 0 Å². The van der Waals surface area contributed by atoms with Crippen molar-refractivity contribution in [3.05, 3.63) is 23.2 Å². The van der Waals surface area contributed by atoms with Crippen molar-refractivity contribution in [3.63, 3.8) is 0 Å². The van der Waals surface area contributed by atoms with Gasteiger partial charge in [0.05, 0.1) is 15.9 Å². The number of nitrogens with one attached hydrogen (secondary N) is 1. The first-order chi connectivity index (χ1) is 9.22. The lowest BCUT2D eigenvalue weighted by molar-refractivity contribution is 0.273. The molecule has 104 valence electrons. The molecule has 0 aliphatic carbocycles. The van der Waals surface area contributed by atoms with Gasteiger partial charge in [-0.1, -0.05) is 38.4 Å². The van der Waals surface area contributed by atoms with Crippen molar-refractivity contribution >= 4 is 28.3 Å². The summed E-state index contributed by atoms with van der Waals surface area (Å²) in [6.45, 7) is 9.33. The van der Waals surface area contributed by atoms with E-state index < -0.39 is 0 Å². The van der Waals surface area contributed by atoms with E-state index in [9.17, 15) is 0 Å². The van der Waals surface area contributed by atoms with Gasteiger partial charge in [-0.05, 0) is 18.6 Å². The summed E-state index contributed by atoms with van der Waals surface area (Å²) in [5, 5.41) is 13.8. The summed E-state index contributed by atoms with van der Waals surface area (Å²) >= 11 is 6.33. The zero-order valence-electron chi connectivity index (χ0n) is 11.8. The number of hydrazine groups is 1. The SMILES string of the molecule is CCCN(c1n[nH]c2cccc(Cl)c12)N(CC)CC. The quantitative estimate of drug-likeness (QED) is 0.820. The van der Waals surface area contributed by atoms with Crippen LogP contribution in [-0.2, 0) is 0 Å². The van der Waals surface area contributed by atoms with Crippen LogP contribution in [0.1, 0.15) is 27.2 Å². The standard InChI is InChI=1S/C14H21ClN4/c1-4-10-19(18(5-2)6-3)14-13-11(15)8-7-9-12(13)16-17-14/h7-9H,4-6,10H2,1-3H3,(H,16,17). The Labute approximate surface area is 119 Å². The first-order valence-electron chi connectivity index (χ1n) is 6.87. The molecule has 1 N–H and O–H groups in total. The molecule has 1 aromatic carbocycles. The van der Waals surface area contributed by atoms with E-state index in [1.54, 1.807) is 0 Å². The molecular formula is C14H21ClN4. The Bertz CT molecular complexity index is 533. The summed E-state index contributed by atoms with van der Waals surface area (Å²) in [6.07, 6.45) is 1.06. The Morgan fingerprint density at radius 3 is 2.58 bits per heavy atom. The molecule has 2 aromatic rings. The fourth-order valence-corrected chi connectivity index (χ4v) is 2.62. The molecule has 0 saturated carbocycles. The van der Waals surface area contributed by atoms with Gasteiger partial charge in [0.25, 0.3) is 0 Å². The van der Waals surface area contributed by atoms with Crippen LogP contribution in [0.4, 0.5) is 5.82 Å². The topological polar surface area (TPSA) is 35.2 Å². The number of H-pyrrole nitrogens is 1. The number of aromatic nitrogens is 2. The third-order valence-electron chi connectivity index (χ3n) is 3.27. The van der Waals surface area contributed by atoms with Gasteiger partial charge in [-0.15, -0.1) is 0 Å². The third kappa shape index (κ3) is 2.69. The van der Waals surface area contributed by atoms with Crippen molar-refractivity contribution in [2.75, 3.05) is 24.6 Å². The summed E-state index contributed by atoms with van der Waals surface area (Å²) < 4.78 is 0. The number of hydrogen-bond donors (Lipinski definition) is 1. The molecule has 0 spiro atoms. The molecule has 0 unspecified atom stereocenters. The van der Waals surface area contributed by atoms with E-state index in [-0.39, 0.29) is 0 Å². The maximum absolute atomic E-state index is 6.33. The smallest absolute Gasteiger partial charge is 0.174 e. The number of fused-ring (bicyclic) bond motifs is 1. The number of rotatable bonds is 6. The Hall–Kier alpha value is -1.26. The van der Waals surface area contributed by atoms with Crippen molar-refractivity contribution < 1.29 is 0 Å². The molecule has 1 aromatic heterocycles. The molecule has 0 radical (unpaired) electrons. The van der Waals surface area contributed by atoms with Gasteiger partial charge in [0, 0.05) is 19.6 Å². The van der Waals surface area contributed by atoms with E-state index in [0.717, 1.165) is 47.8 Å². The lowest BCUT2D eigenvalue weighted by Gasteiger charge is -2.33. The average molecular weight is 281 g/mol. The number of hydrogen-bond acceptors (Lipinski definition) is 3. The number of benzene rings is 1. The second-order valence-electron chi connectivity index (χ2n) is 4.47. The minimum atomic E-state index is 0.745. The highest BCUT2D eigenvalue weighted by Gasteiger charge is 2.19. The summed E-state index contributed by atoms with van der Waals surface area (Å²) in [7, 11) is 0. The van der Waals surface area contributed by atoms with E-state index in [2.05, 4.69) is 41.0 Å². The van der Waals surface area contributed by atoms with Crippen molar-refractivity contribution in [1.29, 1.82) is 0 Å². The maximum Gasteiger partial charge on any atom is 0.174 e. The Balaban J connectivity index is 2.50.